The zero-order chi connectivity index (χ0) is 19.2. The third kappa shape index (κ3) is 5.13. The normalized spacial score (nSPS) is 21.3. The summed E-state index contributed by atoms with van der Waals surface area (Å²) in [5.74, 6) is 1.37. The number of nitrogens with two attached hydrogens (primary N) is 1. The number of hydrogen-bond donors (Lipinski definition) is 2. The molecular formula is C20H31N6O+. The van der Waals surface area contributed by atoms with Gasteiger partial charge in [-0.2, -0.15) is 0 Å². The first-order valence-corrected chi connectivity index (χ1v) is 9.98. The van der Waals surface area contributed by atoms with E-state index in [1.807, 2.05) is 10.7 Å². The largest absolute Gasteiger partial charge is 0.369 e. The Balaban J connectivity index is 1.72. The lowest BCUT2D eigenvalue weighted by molar-refractivity contribution is -0.938. The van der Waals surface area contributed by atoms with Crippen LogP contribution in [0, 0.1) is 11.8 Å². The van der Waals surface area contributed by atoms with Gasteiger partial charge in [-0.1, -0.05) is 44.2 Å². The van der Waals surface area contributed by atoms with Crippen LogP contribution in [-0.2, 0) is 17.8 Å². The van der Waals surface area contributed by atoms with Gasteiger partial charge in [-0.25, -0.2) is 4.68 Å². The molecule has 1 aromatic carbocycles. The van der Waals surface area contributed by atoms with Crippen molar-refractivity contribution in [2.24, 2.45) is 17.6 Å². The average Bonchev–Trinajstić information content (AvgIpc) is 3.13. The molecule has 1 amide bonds. The third-order valence-electron chi connectivity index (χ3n) is 5.56. The zero-order valence-corrected chi connectivity index (χ0v) is 16.3. The van der Waals surface area contributed by atoms with E-state index in [1.54, 1.807) is 0 Å². The molecule has 1 aliphatic rings. The van der Waals surface area contributed by atoms with Crippen LogP contribution in [0.2, 0.25) is 0 Å². The van der Waals surface area contributed by atoms with Crippen molar-refractivity contribution in [2.75, 3.05) is 13.1 Å². The number of nitrogens with zero attached hydrogens (tertiary/aromatic N) is 4. The fourth-order valence-electron chi connectivity index (χ4n) is 4.05. The number of amides is 1. The minimum atomic E-state index is -0.165. The molecule has 2 aromatic rings. The van der Waals surface area contributed by atoms with Gasteiger partial charge in [0.2, 0.25) is 11.7 Å². The van der Waals surface area contributed by atoms with Gasteiger partial charge in [0, 0.05) is 31.7 Å². The molecule has 1 fully saturated rings. The van der Waals surface area contributed by atoms with Gasteiger partial charge in [0.1, 0.15) is 6.04 Å². The molecule has 1 saturated heterocycles. The van der Waals surface area contributed by atoms with Crippen LogP contribution in [0.5, 0.6) is 0 Å². The molecule has 0 bridgehead atoms. The van der Waals surface area contributed by atoms with Crippen molar-refractivity contribution in [1.29, 1.82) is 0 Å². The molecule has 146 valence electrons. The van der Waals surface area contributed by atoms with E-state index in [1.165, 1.54) is 10.5 Å². The van der Waals surface area contributed by atoms with E-state index in [0.717, 1.165) is 51.1 Å². The molecule has 0 saturated carbocycles. The van der Waals surface area contributed by atoms with Crippen LogP contribution in [0.25, 0.3) is 0 Å². The summed E-state index contributed by atoms with van der Waals surface area (Å²) >= 11 is 0. The molecule has 1 aliphatic heterocycles. The number of benzene rings is 1. The van der Waals surface area contributed by atoms with Gasteiger partial charge in [0.05, 0.1) is 13.1 Å². The number of carbonyl (C=O) groups excluding carboxylic acids is 1. The second-order valence-corrected chi connectivity index (χ2v) is 8.01. The highest BCUT2D eigenvalue weighted by Crippen LogP contribution is 2.19. The lowest BCUT2D eigenvalue weighted by atomic mass is 9.93. The Bertz CT molecular complexity index is 721. The average molecular weight is 372 g/mol. The topological polar surface area (TPSA) is 91.1 Å². The quantitative estimate of drug-likeness (QED) is 0.717. The third-order valence-corrected chi connectivity index (χ3v) is 5.56. The first kappa shape index (κ1) is 19.5. The highest BCUT2D eigenvalue weighted by Gasteiger charge is 2.35. The van der Waals surface area contributed by atoms with E-state index in [9.17, 15) is 4.79 Å². The van der Waals surface area contributed by atoms with E-state index in [2.05, 4.69) is 53.6 Å². The number of hydrogen-bond acceptors (Lipinski definition) is 4. The van der Waals surface area contributed by atoms with Crippen LogP contribution in [0.3, 0.4) is 0 Å². The fraction of sp³-hybridized carbons (Fsp3) is 0.600. The van der Waals surface area contributed by atoms with Crippen LogP contribution in [0.1, 0.15) is 50.5 Å². The Morgan fingerprint density at radius 1 is 1.26 bits per heavy atom. The molecule has 0 radical (unpaired) electrons. The number of aryl methyl sites for hydroxylation is 2. The molecule has 1 aromatic heterocycles. The van der Waals surface area contributed by atoms with Crippen molar-refractivity contribution >= 4 is 5.91 Å². The van der Waals surface area contributed by atoms with Gasteiger partial charge < -0.3 is 10.6 Å². The summed E-state index contributed by atoms with van der Waals surface area (Å²) in [6.45, 7) is 7.13. The first-order valence-electron chi connectivity index (χ1n) is 9.98. The number of rotatable bonds is 8. The minimum absolute atomic E-state index is 0.0162. The maximum Gasteiger partial charge on any atom is 0.220 e. The van der Waals surface area contributed by atoms with Crippen LogP contribution < -0.4 is 10.6 Å². The number of likely N-dealkylation sites (tertiary alicyclic amines) is 1. The van der Waals surface area contributed by atoms with E-state index in [-0.39, 0.29) is 17.9 Å². The smallest absolute Gasteiger partial charge is 0.220 e. The zero-order valence-electron chi connectivity index (χ0n) is 16.3. The lowest BCUT2D eigenvalue weighted by Crippen LogP contribution is -3.13. The van der Waals surface area contributed by atoms with Crippen LogP contribution in [0.4, 0.5) is 0 Å². The van der Waals surface area contributed by atoms with E-state index in [0.29, 0.717) is 5.92 Å². The number of piperidine rings is 1. The predicted octanol–water partition coefficient (Wildman–Crippen LogP) is 0.783. The Morgan fingerprint density at radius 3 is 2.59 bits per heavy atom. The maximum atomic E-state index is 11.5. The number of tetrazole rings is 1. The number of primary amides is 1. The van der Waals surface area contributed by atoms with E-state index in [4.69, 9.17) is 5.73 Å². The van der Waals surface area contributed by atoms with Gasteiger partial charge in [-0.15, -0.1) is 5.10 Å². The molecule has 2 heterocycles. The van der Waals surface area contributed by atoms with E-state index < -0.39 is 0 Å². The highest BCUT2D eigenvalue weighted by molar-refractivity contribution is 5.76. The van der Waals surface area contributed by atoms with Gasteiger partial charge in [0.15, 0.2) is 0 Å². The Morgan fingerprint density at radius 2 is 1.96 bits per heavy atom. The molecule has 0 aliphatic carbocycles. The highest BCUT2D eigenvalue weighted by atomic mass is 16.1. The SMILES string of the molecule is CC(C)C[C@H](c1nnnn1CCc1ccccc1)[NH+]1CCC(C(N)=O)CC1. The molecule has 7 heteroatoms. The minimum Gasteiger partial charge on any atom is -0.369 e. The number of aromatic nitrogens is 4. The van der Waals surface area contributed by atoms with Crippen molar-refractivity contribution in [3.05, 3.63) is 41.7 Å². The summed E-state index contributed by atoms with van der Waals surface area (Å²) in [5, 5.41) is 12.6. The van der Waals surface area contributed by atoms with Gasteiger partial charge in [-0.05, 0) is 28.3 Å². The van der Waals surface area contributed by atoms with Crippen LogP contribution >= 0.6 is 0 Å². The Hall–Kier alpha value is -2.28. The molecule has 3 rings (SSSR count). The van der Waals surface area contributed by atoms with Crippen LogP contribution in [0.15, 0.2) is 30.3 Å². The summed E-state index contributed by atoms with van der Waals surface area (Å²) in [6.07, 6.45) is 3.64. The lowest BCUT2D eigenvalue weighted by Gasteiger charge is -2.34. The van der Waals surface area contributed by atoms with Gasteiger partial charge in [0.25, 0.3) is 0 Å². The number of carbonyl (C=O) groups is 1. The summed E-state index contributed by atoms with van der Waals surface area (Å²) in [7, 11) is 0. The summed E-state index contributed by atoms with van der Waals surface area (Å²) in [5.41, 5.74) is 6.78. The molecule has 1 atom stereocenters. The molecular weight excluding hydrogens is 340 g/mol. The van der Waals surface area contributed by atoms with Crippen molar-refractivity contribution in [3.8, 4) is 0 Å². The summed E-state index contributed by atoms with van der Waals surface area (Å²) < 4.78 is 1.97. The van der Waals surface area contributed by atoms with E-state index >= 15 is 0 Å². The predicted molar refractivity (Wildman–Crippen MR) is 103 cm³/mol. The summed E-state index contributed by atoms with van der Waals surface area (Å²) in [6, 6.07) is 10.7. The number of nitrogens with one attached hydrogen (secondary N) is 1. The van der Waals surface area contributed by atoms with Gasteiger partial charge in [-0.3, -0.25) is 4.79 Å². The fourth-order valence-corrected chi connectivity index (χ4v) is 4.05. The molecule has 3 N–H and O–H groups in total. The standard InChI is InChI=1S/C20H30N6O/c1-15(2)14-18(25-11-9-17(10-12-25)19(21)27)20-22-23-24-26(20)13-8-16-6-4-3-5-7-16/h3-7,15,17-18H,8-14H2,1-2H3,(H2,21,27)/p+1/t18-/m1/s1. The summed E-state index contributed by atoms with van der Waals surface area (Å²) in [4.78, 5) is 13.0. The molecule has 27 heavy (non-hydrogen) atoms. The Labute approximate surface area is 160 Å². The monoisotopic (exact) mass is 371 g/mol. The van der Waals surface area contributed by atoms with Gasteiger partial charge >= 0.3 is 0 Å². The molecule has 0 spiro atoms. The molecule has 0 unspecified atom stereocenters. The first-order chi connectivity index (χ1) is 13.0. The molecule has 7 nitrogen and oxygen atoms in total. The maximum absolute atomic E-state index is 11.5. The van der Waals surface area contributed by atoms with Crippen molar-refractivity contribution in [1.82, 2.24) is 20.2 Å². The van der Waals surface area contributed by atoms with Crippen molar-refractivity contribution < 1.29 is 9.69 Å². The second kappa shape index (κ2) is 9.08. The van der Waals surface area contributed by atoms with Crippen LogP contribution in [-0.4, -0.2) is 39.2 Å². The van der Waals surface area contributed by atoms with Crippen molar-refractivity contribution in [3.63, 3.8) is 0 Å². The second-order valence-electron chi connectivity index (χ2n) is 8.01. The number of quaternary nitrogens is 1. The van der Waals surface area contributed by atoms with Crippen molar-refractivity contribution in [2.45, 2.75) is 52.1 Å². The Kier molecular flexibility index (Phi) is 6.55.